The molecular formula is C27H42N2O3. The van der Waals surface area contributed by atoms with Gasteiger partial charge in [0.1, 0.15) is 5.75 Å². The maximum absolute atomic E-state index is 12.9. The first-order chi connectivity index (χ1) is 15.1. The van der Waals surface area contributed by atoms with Crippen molar-refractivity contribution in [1.29, 1.82) is 0 Å². The molecule has 4 rings (SSSR count). The lowest BCUT2D eigenvalue weighted by molar-refractivity contribution is -0.138. The van der Waals surface area contributed by atoms with Crippen LogP contribution < -0.4 is 10.1 Å². The second kappa shape index (κ2) is 8.64. The third-order valence-corrected chi connectivity index (χ3v) is 8.50. The summed E-state index contributed by atoms with van der Waals surface area (Å²) in [4.78, 5) is 15.1. The summed E-state index contributed by atoms with van der Waals surface area (Å²) in [6, 6.07) is 6.73. The summed E-state index contributed by atoms with van der Waals surface area (Å²) >= 11 is 0. The summed E-state index contributed by atoms with van der Waals surface area (Å²) in [5.74, 6) is 2.50. The standard InChI is InChI=1S/C27H42N2O3/c1-17(2)12-23(30)28-25-26(3,4)19-14-21-24(32-11-10-27(21,25)15-19)20-13-18(16-29(5)6)8-9-22(20)31-7/h8-9,13,17,19,21,24-25H,10-12,14-16H2,1-7H3,(H,28,30)/t19-,21-,24-,25+,27?/m1/s1. The van der Waals surface area contributed by atoms with Crippen LogP contribution in [0.15, 0.2) is 18.2 Å². The van der Waals surface area contributed by atoms with Crippen LogP contribution in [0.5, 0.6) is 5.75 Å². The van der Waals surface area contributed by atoms with E-state index in [4.69, 9.17) is 9.47 Å². The molecule has 1 unspecified atom stereocenters. The highest BCUT2D eigenvalue weighted by Crippen LogP contribution is 2.70. The fraction of sp³-hybridized carbons (Fsp3) is 0.741. The van der Waals surface area contributed by atoms with E-state index in [1.807, 2.05) is 0 Å². The first kappa shape index (κ1) is 23.6. The van der Waals surface area contributed by atoms with Gasteiger partial charge in [0.2, 0.25) is 5.91 Å². The largest absolute Gasteiger partial charge is 0.496 e. The molecule has 0 aromatic heterocycles. The van der Waals surface area contributed by atoms with Crippen molar-refractivity contribution in [2.45, 2.75) is 72.1 Å². The zero-order chi connectivity index (χ0) is 23.3. The molecule has 2 saturated carbocycles. The van der Waals surface area contributed by atoms with Crippen LogP contribution in [0.2, 0.25) is 0 Å². The van der Waals surface area contributed by atoms with Crippen LogP contribution in [0.3, 0.4) is 0 Å². The molecule has 3 aliphatic rings. The zero-order valence-electron chi connectivity index (χ0n) is 21.0. The van der Waals surface area contributed by atoms with Gasteiger partial charge in [-0.2, -0.15) is 0 Å². The van der Waals surface area contributed by atoms with Crippen molar-refractivity contribution in [3.8, 4) is 5.75 Å². The zero-order valence-corrected chi connectivity index (χ0v) is 21.0. The van der Waals surface area contributed by atoms with Gasteiger partial charge in [0, 0.05) is 31.2 Å². The topological polar surface area (TPSA) is 50.8 Å². The van der Waals surface area contributed by atoms with Crippen molar-refractivity contribution in [3.63, 3.8) is 0 Å². The van der Waals surface area contributed by atoms with Crippen molar-refractivity contribution in [2.75, 3.05) is 27.8 Å². The third-order valence-electron chi connectivity index (χ3n) is 8.50. The minimum absolute atomic E-state index is 0.0198. The SMILES string of the molecule is COc1ccc(CN(C)C)cc1[C@H]1OCCC23C[C@@H](C[C@H]12)C(C)(C)[C@@H]3NC(=O)CC(C)C. The molecule has 1 aromatic carbocycles. The molecule has 1 heterocycles. The Bertz CT molecular complexity index is 849. The van der Waals surface area contributed by atoms with Gasteiger partial charge in [0.25, 0.3) is 0 Å². The Kier molecular flexibility index (Phi) is 6.36. The van der Waals surface area contributed by atoms with E-state index in [2.05, 4.69) is 70.2 Å². The quantitative estimate of drug-likeness (QED) is 0.659. The van der Waals surface area contributed by atoms with Gasteiger partial charge in [0.15, 0.2) is 0 Å². The number of methoxy groups -OCH3 is 1. The molecule has 0 radical (unpaired) electrons. The van der Waals surface area contributed by atoms with Gasteiger partial charge < -0.3 is 19.7 Å². The summed E-state index contributed by atoms with van der Waals surface area (Å²) in [5, 5.41) is 3.53. The predicted molar refractivity (Wildman–Crippen MR) is 128 cm³/mol. The summed E-state index contributed by atoms with van der Waals surface area (Å²) in [7, 11) is 5.94. The van der Waals surface area contributed by atoms with E-state index in [1.165, 1.54) is 17.5 Å². The maximum Gasteiger partial charge on any atom is 0.220 e. The van der Waals surface area contributed by atoms with Gasteiger partial charge in [-0.15, -0.1) is 0 Å². The van der Waals surface area contributed by atoms with Crippen molar-refractivity contribution in [2.24, 2.45) is 28.6 Å². The molecule has 5 heteroatoms. The Labute approximate surface area is 194 Å². The number of rotatable bonds is 7. The smallest absolute Gasteiger partial charge is 0.220 e. The van der Waals surface area contributed by atoms with Crippen molar-refractivity contribution in [1.82, 2.24) is 10.2 Å². The Balaban J connectivity index is 1.68. The van der Waals surface area contributed by atoms with E-state index >= 15 is 0 Å². The van der Waals surface area contributed by atoms with E-state index in [9.17, 15) is 4.79 Å². The molecule has 178 valence electrons. The number of ether oxygens (including phenoxy) is 2. The number of hydrogen-bond acceptors (Lipinski definition) is 4. The molecule has 5 atom stereocenters. The highest BCUT2D eigenvalue weighted by molar-refractivity contribution is 5.76. The van der Waals surface area contributed by atoms with Gasteiger partial charge in [0.05, 0.1) is 13.2 Å². The van der Waals surface area contributed by atoms with Gasteiger partial charge in [-0.1, -0.05) is 33.8 Å². The Morgan fingerprint density at radius 2 is 2.06 bits per heavy atom. The van der Waals surface area contributed by atoms with Crippen LogP contribution in [-0.2, 0) is 16.1 Å². The summed E-state index contributed by atoms with van der Waals surface area (Å²) in [6.45, 7) is 10.6. The molecule has 5 nitrogen and oxygen atoms in total. The fourth-order valence-corrected chi connectivity index (χ4v) is 7.16. The molecule has 3 fully saturated rings. The van der Waals surface area contributed by atoms with Crippen molar-refractivity contribution < 1.29 is 14.3 Å². The number of nitrogens with zero attached hydrogens (tertiary/aromatic N) is 1. The lowest BCUT2D eigenvalue weighted by Crippen LogP contribution is -2.59. The van der Waals surface area contributed by atoms with Crippen LogP contribution in [0, 0.1) is 28.6 Å². The molecule has 2 aliphatic carbocycles. The second-order valence-corrected chi connectivity index (χ2v) is 11.8. The number of carbonyl (C=O) groups is 1. The number of carbonyl (C=O) groups excluding carboxylic acids is 1. The van der Waals surface area contributed by atoms with Crippen LogP contribution in [0.1, 0.15) is 70.6 Å². The molecular weight excluding hydrogens is 400 g/mol. The highest BCUT2D eigenvalue weighted by Gasteiger charge is 2.68. The van der Waals surface area contributed by atoms with Gasteiger partial charge in [-0.3, -0.25) is 4.79 Å². The lowest BCUT2D eigenvalue weighted by atomic mass is 9.58. The average Bonchev–Trinajstić information content (AvgIpc) is 3.19. The first-order valence-corrected chi connectivity index (χ1v) is 12.3. The first-order valence-electron chi connectivity index (χ1n) is 12.3. The maximum atomic E-state index is 12.9. The van der Waals surface area contributed by atoms with Crippen LogP contribution in [-0.4, -0.2) is 44.7 Å². The molecule has 1 saturated heterocycles. The molecule has 1 aliphatic heterocycles. The van der Waals surface area contributed by atoms with E-state index in [1.54, 1.807) is 7.11 Å². The summed E-state index contributed by atoms with van der Waals surface area (Å²) in [6.07, 6.45) is 4.00. The summed E-state index contributed by atoms with van der Waals surface area (Å²) in [5.41, 5.74) is 2.67. The van der Waals surface area contributed by atoms with E-state index in [0.717, 1.165) is 31.7 Å². The molecule has 1 aromatic rings. The minimum atomic E-state index is 0.0198. The Morgan fingerprint density at radius 3 is 2.72 bits per heavy atom. The normalized spacial score (nSPS) is 32.9. The van der Waals surface area contributed by atoms with Gasteiger partial charge in [-0.05, 0) is 79.6 Å². The van der Waals surface area contributed by atoms with E-state index in [0.29, 0.717) is 24.2 Å². The van der Waals surface area contributed by atoms with E-state index in [-0.39, 0.29) is 28.9 Å². The second-order valence-electron chi connectivity index (χ2n) is 11.8. The highest BCUT2D eigenvalue weighted by atomic mass is 16.5. The number of hydrogen-bond donors (Lipinski definition) is 1. The van der Waals surface area contributed by atoms with E-state index < -0.39 is 0 Å². The van der Waals surface area contributed by atoms with Crippen molar-refractivity contribution in [3.05, 3.63) is 29.3 Å². The van der Waals surface area contributed by atoms with Crippen LogP contribution in [0.4, 0.5) is 0 Å². The monoisotopic (exact) mass is 442 g/mol. The molecule has 1 amide bonds. The predicted octanol–water partition coefficient (Wildman–Crippen LogP) is 4.80. The van der Waals surface area contributed by atoms with Gasteiger partial charge >= 0.3 is 0 Å². The molecule has 32 heavy (non-hydrogen) atoms. The number of fused-ring (bicyclic) bond motifs is 1. The van der Waals surface area contributed by atoms with Crippen LogP contribution in [0.25, 0.3) is 0 Å². The minimum Gasteiger partial charge on any atom is -0.496 e. The molecule has 1 spiro atoms. The average molecular weight is 443 g/mol. The number of nitrogens with one attached hydrogen (secondary N) is 1. The molecule has 2 bridgehead atoms. The summed E-state index contributed by atoms with van der Waals surface area (Å²) < 4.78 is 12.3. The lowest BCUT2D eigenvalue weighted by Gasteiger charge is -2.53. The fourth-order valence-electron chi connectivity index (χ4n) is 7.16. The number of benzene rings is 1. The van der Waals surface area contributed by atoms with Crippen LogP contribution >= 0.6 is 0 Å². The Hall–Kier alpha value is -1.59. The Morgan fingerprint density at radius 1 is 1.31 bits per heavy atom. The van der Waals surface area contributed by atoms with Gasteiger partial charge in [-0.25, -0.2) is 0 Å². The number of amides is 1. The van der Waals surface area contributed by atoms with Crippen molar-refractivity contribution >= 4 is 5.91 Å². The molecule has 1 N–H and O–H groups in total. The third kappa shape index (κ3) is 3.96.